The number of nitrogens with zero attached hydrogens (tertiary/aromatic N) is 2. The molecule has 0 amide bonds. The highest BCUT2D eigenvalue weighted by Crippen LogP contribution is 2.36. The second-order valence-corrected chi connectivity index (χ2v) is 7.78. The lowest BCUT2D eigenvalue weighted by Gasteiger charge is -2.19. The number of para-hydroxylation sites is 1. The van der Waals surface area contributed by atoms with E-state index in [0.29, 0.717) is 22.5 Å². The molecule has 2 aromatic rings. The van der Waals surface area contributed by atoms with Crippen molar-refractivity contribution in [3.8, 4) is 0 Å². The molecule has 2 atom stereocenters. The summed E-state index contributed by atoms with van der Waals surface area (Å²) in [5.74, 6) is -0.201. The molecular formula is C18H20N2O3S. The van der Waals surface area contributed by atoms with Crippen LogP contribution in [0.4, 0.5) is 0 Å². The lowest BCUT2D eigenvalue weighted by atomic mass is 10.2. The van der Waals surface area contributed by atoms with Crippen LogP contribution in [-0.2, 0) is 9.53 Å². The quantitative estimate of drug-likeness (QED) is 0.631. The molecule has 0 spiro atoms. The Bertz CT molecular complexity index is 842. The van der Waals surface area contributed by atoms with Crippen molar-refractivity contribution in [1.29, 1.82) is 0 Å². The minimum absolute atomic E-state index is 0.00872. The molecule has 2 fully saturated rings. The molecule has 1 aliphatic heterocycles. The van der Waals surface area contributed by atoms with Gasteiger partial charge in [0.05, 0.1) is 10.9 Å². The summed E-state index contributed by atoms with van der Waals surface area (Å²) < 4.78 is 7.08. The lowest BCUT2D eigenvalue weighted by molar-refractivity contribution is -0.140. The van der Waals surface area contributed by atoms with Crippen LogP contribution in [0.3, 0.4) is 0 Å². The summed E-state index contributed by atoms with van der Waals surface area (Å²) >= 11 is 1.38. The van der Waals surface area contributed by atoms with Crippen LogP contribution in [0, 0.1) is 0 Å². The van der Waals surface area contributed by atoms with Crippen LogP contribution in [0.25, 0.3) is 10.9 Å². The van der Waals surface area contributed by atoms with Crippen molar-refractivity contribution in [2.24, 2.45) is 0 Å². The number of hydrogen-bond donors (Lipinski definition) is 0. The number of carbonyl (C=O) groups excluding carboxylic acids is 1. The minimum atomic E-state index is -0.277. The summed E-state index contributed by atoms with van der Waals surface area (Å²) in [6, 6.07) is 7.63. The van der Waals surface area contributed by atoms with Crippen LogP contribution in [0.2, 0.25) is 0 Å². The first-order valence-electron chi connectivity index (χ1n) is 8.52. The largest absolute Gasteiger partial charge is 0.462 e. The molecule has 126 valence electrons. The second kappa shape index (κ2) is 6.24. The molecule has 0 N–H and O–H groups in total. The molecule has 1 aromatic heterocycles. The predicted molar refractivity (Wildman–Crippen MR) is 93.3 cm³/mol. The van der Waals surface area contributed by atoms with Crippen LogP contribution in [0.15, 0.2) is 34.2 Å². The van der Waals surface area contributed by atoms with Gasteiger partial charge in [0.2, 0.25) is 0 Å². The summed E-state index contributed by atoms with van der Waals surface area (Å²) in [6.07, 6.45) is 4.87. The van der Waals surface area contributed by atoms with E-state index < -0.39 is 0 Å². The number of cyclic esters (lactones) is 1. The summed E-state index contributed by atoms with van der Waals surface area (Å²) in [6.45, 7) is 1.90. The van der Waals surface area contributed by atoms with Gasteiger partial charge in [-0.15, -0.1) is 0 Å². The smallest absolute Gasteiger partial charge is 0.319 e. The first-order valence-corrected chi connectivity index (χ1v) is 9.40. The molecule has 4 rings (SSSR count). The molecule has 0 unspecified atom stereocenters. The van der Waals surface area contributed by atoms with E-state index in [1.165, 1.54) is 11.8 Å². The summed E-state index contributed by atoms with van der Waals surface area (Å²) in [5, 5.41) is 1.03. The molecule has 1 saturated heterocycles. The minimum Gasteiger partial charge on any atom is -0.462 e. The molecule has 5 nitrogen and oxygen atoms in total. The molecule has 2 heterocycles. The van der Waals surface area contributed by atoms with Crippen molar-refractivity contribution in [3.05, 3.63) is 34.6 Å². The highest BCUT2D eigenvalue weighted by atomic mass is 32.2. The molecule has 1 aliphatic carbocycles. The highest BCUT2D eigenvalue weighted by Gasteiger charge is 2.35. The van der Waals surface area contributed by atoms with Crippen molar-refractivity contribution in [2.75, 3.05) is 0 Å². The van der Waals surface area contributed by atoms with E-state index in [0.717, 1.165) is 25.7 Å². The van der Waals surface area contributed by atoms with Gasteiger partial charge in [0.1, 0.15) is 11.4 Å². The first kappa shape index (κ1) is 15.7. The Balaban J connectivity index is 1.81. The van der Waals surface area contributed by atoms with Crippen molar-refractivity contribution in [2.45, 2.75) is 61.6 Å². The van der Waals surface area contributed by atoms with Gasteiger partial charge in [-0.3, -0.25) is 14.2 Å². The zero-order valence-corrected chi connectivity index (χ0v) is 14.4. The van der Waals surface area contributed by atoms with Crippen molar-refractivity contribution in [1.82, 2.24) is 9.55 Å². The van der Waals surface area contributed by atoms with E-state index in [1.807, 2.05) is 35.8 Å². The van der Waals surface area contributed by atoms with Gasteiger partial charge in [-0.1, -0.05) is 36.7 Å². The molecule has 24 heavy (non-hydrogen) atoms. The Morgan fingerprint density at radius 3 is 2.67 bits per heavy atom. The topological polar surface area (TPSA) is 61.2 Å². The van der Waals surface area contributed by atoms with Gasteiger partial charge in [-0.25, -0.2) is 4.98 Å². The Labute approximate surface area is 144 Å². The number of carbonyl (C=O) groups is 1. The SMILES string of the molecule is C[C@H]1C[C@@H](Sc2nc3ccccc3c(=O)n2C2CCCC2)C(=O)O1. The van der Waals surface area contributed by atoms with Crippen LogP contribution < -0.4 is 5.56 Å². The van der Waals surface area contributed by atoms with Gasteiger partial charge in [0, 0.05) is 12.5 Å². The van der Waals surface area contributed by atoms with Gasteiger partial charge >= 0.3 is 5.97 Å². The molecule has 6 heteroatoms. The zero-order valence-electron chi connectivity index (χ0n) is 13.6. The number of aromatic nitrogens is 2. The average molecular weight is 344 g/mol. The Morgan fingerprint density at radius 1 is 1.21 bits per heavy atom. The van der Waals surface area contributed by atoms with Gasteiger partial charge in [0.15, 0.2) is 5.16 Å². The maximum Gasteiger partial charge on any atom is 0.319 e. The van der Waals surface area contributed by atoms with E-state index in [4.69, 9.17) is 9.72 Å². The second-order valence-electron chi connectivity index (χ2n) is 6.61. The first-order chi connectivity index (χ1) is 11.6. The van der Waals surface area contributed by atoms with E-state index in [9.17, 15) is 9.59 Å². The fraction of sp³-hybridized carbons (Fsp3) is 0.500. The average Bonchev–Trinajstić information content (AvgIpc) is 3.18. The number of hydrogen-bond acceptors (Lipinski definition) is 5. The fourth-order valence-electron chi connectivity index (χ4n) is 3.64. The standard InChI is InChI=1S/C18H20N2O3S/c1-11-10-15(17(22)23-11)24-18-19-14-9-5-4-8-13(14)16(21)20(18)12-6-2-3-7-12/h4-5,8-9,11-12,15H,2-3,6-7,10H2,1H3/t11-,15+/m0/s1. The van der Waals surface area contributed by atoms with Crippen LogP contribution in [0.1, 0.15) is 45.1 Å². The van der Waals surface area contributed by atoms with Gasteiger partial charge in [-0.05, 0) is 31.9 Å². The third kappa shape index (κ3) is 2.73. The number of esters is 1. The Hall–Kier alpha value is -1.82. The van der Waals surface area contributed by atoms with Gasteiger partial charge in [-0.2, -0.15) is 0 Å². The summed E-state index contributed by atoms with van der Waals surface area (Å²) in [4.78, 5) is 29.8. The fourth-order valence-corrected chi connectivity index (χ4v) is 4.91. The highest BCUT2D eigenvalue weighted by molar-refractivity contribution is 8.00. The maximum atomic E-state index is 13.0. The maximum absolute atomic E-state index is 13.0. The molecule has 1 saturated carbocycles. The lowest BCUT2D eigenvalue weighted by Crippen LogP contribution is -2.27. The Morgan fingerprint density at radius 2 is 1.96 bits per heavy atom. The predicted octanol–water partition coefficient (Wildman–Crippen LogP) is 3.31. The van der Waals surface area contributed by atoms with E-state index in [2.05, 4.69) is 0 Å². The normalized spacial score (nSPS) is 24.6. The molecule has 0 bridgehead atoms. The third-order valence-electron chi connectivity index (χ3n) is 4.84. The molecular weight excluding hydrogens is 324 g/mol. The van der Waals surface area contributed by atoms with Gasteiger partial charge < -0.3 is 4.74 Å². The van der Waals surface area contributed by atoms with Crippen LogP contribution in [-0.4, -0.2) is 26.9 Å². The van der Waals surface area contributed by atoms with Crippen molar-refractivity contribution >= 4 is 28.6 Å². The molecule has 1 aromatic carbocycles. The molecule has 0 radical (unpaired) electrons. The molecule has 2 aliphatic rings. The van der Waals surface area contributed by atoms with Crippen LogP contribution >= 0.6 is 11.8 Å². The zero-order chi connectivity index (χ0) is 16.7. The number of thioether (sulfide) groups is 1. The van der Waals surface area contributed by atoms with E-state index in [1.54, 1.807) is 0 Å². The van der Waals surface area contributed by atoms with E-state index >= 15 is 0 Å². The monoisotopic (exact) mass is 344 g/mol. The number of rotatable bonds is 3. The summed E-state index contributed by atoms with van der Waals surface area (Å²) in [7, 11) is 0. The van der Waals surface area contributed by atoms with Crippen molar-refractivity contribution < 1.29 is 9.53 Å². The van der Waals surface area contributed by atoms with Crippen molar-refractivity contribution in [3.63, 3.8) is 0 Å². The van der Waals surface area contributed by atoms with E-state index in [-0.39, 0.29) is 28.9 Å². The number of fused-ring (bicyclic) bond motifs is 1. The third-order valence-corrected chi connectivity index (χ3v) is 6.01. The summed E-state index contributed by atoms with van der Waals surface area (Å²) in [5.41, 5.74) is 0.702. The van der Waals surface area contributed by atoms with Gasteiger partial charge in [0.25, 0.3) is 5.56 Å². The Kier molecular flexibility index (Phi) is 4.08. The van der Waals surface area contributed by atoms with Crippen LogP contribution in [0.5, 0.6) is 0 Å². The number of ether oxygens (including phenoxy) is 1. The number of benzene rings is 1.